The lowest BCUT2D eigenvalue weighted by Crippen LogP contribution is -2.38. The fraction of sp³-hybridized carbons (Fsp3) is 0.348. The van der Waals surface area contributed by atoms with E-state index in [0.717, 1.165) is 31.4 Å². The van der Waals surface area contributed by atoms with Crippen LogP contribution >= 0.6 is 11.6 Å². The number of aromatic hydroxyl groups is 1. The van der Waals surface area contributed by atoms with Crippen LogP contribution in [0.4, 0.5) is 0 Å². The molecule has 1 heterocycles. The van der Waals surface area contributed by atoms with Gasteiger partial charge in [-0.2, -0.15) is 0 Å². The van der Waals surface area contributed by atoms with Crippen molar-refractivity contribution >= 4 is 24.0 Å². The first kappa shape index (κ1) is 24.0. The van der Waals surface area contributed by atoms with Crippen LogP contribution in [0.3, 0.4) is 0 Å². The molecule has 8 heteroatoms. The van der Waals surface area contributed by atoms with E-state index in [4.69, 9.17) is 21.4 Å². The summed E-state index contributed by atoms with van der Waals surface area (Å²) in [6.07, 6.45) is 7.32. The Morgan fingerprint density at radius 3 is 2.55 bits per heavy atom. The van der Waals surface area contributed by atoms with Crippen LogP contribution in [0.5, 0.6) is 11.5 Å². The molecule has 2 aromatic rings. The van der Waals surface area contributed by atoms with Crippen molar-refractivity contribution in [2.45, 2.75) is 38.2 Å². The maximum absolute atomic E-state index is 9.54. The number of carbonyl (C=O) groups is 2. The first-order chi connectivity index (χ1) is 14.8. The molecule has 1 saturated carbocycles. The van der Waals surface area contributed by atoms with Crippen LogP contribution in [-0.4, -0.2) is 39.7 Å². The molecule has 3 N–H and O–H groups in total. The van der Waals surface area contributed by atoms with Gasteiger partial charge in [-0.05, 0) is 67.9 Å². The first-order valence-corrected chi connectivity index (χ1v) is 10.2. The third kappa shape index (κ3) is 8.57. The molecular formula is C23H25ClN2O5. The molecule has 0 atom stereocenters. The Morgan fingerprint density at radius 2 is 2.00 bits per heavy atom. The third-order valence-corrected chi connectivity index (χ3v) is 4.96. The molecule has 31 heavy (non-hydrogen) atoms. The molecule has 0 bridgehead atoms. The number of nitrogens with one attached hydrogen (secondary N) is 1. The lowest BCUT2D eigenvalue weighted by atomic mass is 9.79. The standard InChI is InChI=1S/C20H20ClNO2.C3H5NO3/c1-15-6-9-20(10-7-15,24-19-4-2-17(21)3-5-19)11-8-16-12-18(23)14-22-13-16;5-2-4-1-3(6)7/h2-5,12-15,23H,6-7,9-10H2,1H3;2H,1H2,(H,4,5)(H,6,7). The van der Waals surface area contributed by atoms with Crippen molar-refractivity contribution in [2.75, 3.05) is 6.54 Å². The average molecular weight is 445 g/mol. The molecule has 3 rings (SSSR count). The molecule has 0 saturated heterocycles. The Labute approximate surface area is 186 Å². The monoisotopic (exact) mass is 444 g/mol. The highest BCUT2D eigenvalue weighted by atomic mass is 35.5. The topological polar surface area (TPSA) is 109 Å². The zero-order valence-electron chi connectivity index (χ0n) is 17.2. The fourth-order valence-electron chi connectivity index (χ4n) is 3.02. The second kappa shape index (κ2) is 11.8. The number of carbonyl (C=O) groups excluding carboxylic acids is 1. The highest BCUT2D eigenvalue weighted by molar-refractivity contribution is 6.30. The Hall–Kier alpha value is -3.24. The molecule has 1 aromatic carbocycles. The Kier molecular flexibility index (Phi) is 9.16. The summed E-state index contributed by atoms with van der Waals surface area (Å²) in [4.78, 5) is 22.8. The van der Waals surface area contributed by atoms with Gasteiger partial charge in [0.15, 0.2) is 5.60 Å². The molecule has 1 fully saturated rings. The van der Waals surface area contributed by atoms with E-state index in [1.807, 2.05) is 29.6 Å². The second-order valence-electron chi connectivity index (χ2n) is 7.31. The van der Waals surface area contributed by atoms with Crippen LogP contribution in [0.1, 0.15) is 38.2 Å². The van der Waals surface area contributed by atoms with E-state index in [-0.39, 0.29) is 12.3 Å². The van der Waals surface area contributed by atoms with E-state index in [1.54, 1.807) is 12.3 Å². The molecule has 0 radical (unpaired) electrons. The summed E-state index contributed by atoms with van der Waals surface area (Å²) in [6, 6.07) is 9.01. The van der Waals surface area contributed by atoms with Crippen molar-refractivity contribution in [2.24, 2.45) is 5.92 Å². The summed E-state index contributed by atoms with van der Waals surface area (Å²) in [6.45, 7) is 1.96. The number of aliphatic carboxylic acids is 1. The van der Waals surface area contributed by atoms with Gasteiger partial charge in [-0.25, -0.2) is 0 Å². The van der Waals surface area contributed by atoms with Crippen molar-refractivity contribution in [1.29, 1.82) is 0 Å². The quantitative estimate of drug-likeness (QED) is 0.480. The van der Waals surface area contributed by atoms with Gasteiger partial charge in [0.25, 0.3) is 0 Å². The van der Waals surface area contributed by atoms with Gasteiger partial charge in [-0.1, -0.05) is 24.4 Å². The zero-order chi connectivity index (χ0) is 22.7. The predicted molar refractivity (Wildman–Crippen MR) is 117 cm³/mol. The van der Waals surface area contributed by atoms with E-state index < -0.39 is 11.6 Å². The average Bonchev–Trinajstić information content (AvgIpc) is 2.75. The molecule has 1 aromatic heterocycles. The summed E-state index contributed by atoms with van der Waals surface area (Å²) in [7, 11) is 0. The number of halogens is 1. The van der Waals surface area contributed by atoms with Crippen LogP contribution in [0, 0.1) is 17.8 Å². The number of amides is 1. The van der Waals surface area contributed by atoms with E-state index in [9.17, 15) is 14.7 Å². The maximum Gasteiger partial charge on any atom is 0.322 e. The number of hydrogen-bond donors (Lipinski definition) is 3. The zero-order valence-corrected chi connectivity index (χ0v) is 17.9. The van der Waals surface area contributed by atoms with Crippen molar-refractivity contribution < 1.29 is 24.5 Å². The molecule has 0 aliphatic heterocycles. The highest BCUT2D eigenvalue weighted by Gasteiger charge is 2.34. The second-order valence-corrected chi connectivity index (χ2v) is 7.74. The highest BCUT2D eigenvalue weighted by Crippen LogP contribution is 2.35. The van der Waals surface area contributed by atoms with Crippen LogP contribution in [-0.2, 0) is 9.59 Å². The van der Waals surface area contributed by atoms with E-state index in [0.29, 0.717) is 22.9 Å². The summed E-state index contributed by atoms with van der Waals surface area (Å²) >= 11 is 5.95. The lowest BCUT2D eigenvalue weighted by molar-refractivity contribution is -0.136. The van der Waals surface area contributed by atoms with Crippen LogP contribution in [0.2, 0.25) is 5.02 Å². The molecule has 1 amide bonds. The van der Waals surface area contributed by atoms with Gasteiger partial charge in [0, 0.05) is 16.8 Å². The molecule has 0 spiro atoms. The molecule has 0 unspecified atom stereocenters. The maximum atomic E-state index is 9.54. The van der Waals surface area contributed by atoms with Crippen LogP contribution in [0.15, 0.2) is 42.7 Å². The number of nitrogens with zero attached hydrogens (tertiary/aromatic N) is 1. The lowest BCUT2D eigenvalue weighted by Gasteiger charge is -2.35. The van der Waals surface area contributed by atoms with Gasteiger partial charge >= 0.3 is 5.97 Å². The van der Waals surface area contributed by atoms with Gasteiger partial charge in [0.2, 0.25) is 6.41 Å². The SMILES string of the molecule is CC1CCC(C#Cc2cncc(O)c2)(Oc2ccc(Cl)cc2)CC1.O=CNCC(=O)O. The first-order valence-electron chi connectivity index (χ1n) is 9.82. The summed E-state index contributed by atoms with van der Waals surface area (Å²) < 4.78 is 6.28. The smallest absolute Gasteiger partial charge is 0.322 e. The van der Waals surface area contributed by atoms with Gasteiger partial charge in [0.1, 0.15) is 18.0 Å². The van der Waals surface area contributed by atoms with Crippen LogP contribution in [0.25, 0.3) is 0 Å². The Bertz CT molecular complexity index is 929. The van der Waals surface area contributed by atoms with Crippen LogP contribution < -0.4 is 10.1 Å². The third-order valence-electron chi connectivity index (χ3n) is 4.70. The number of carboxylic acid groups (broad SMARTS) is 1. The number of benzene rings is 1. The van der Waals surface area contributed by atoms with E-state index in [2.05, 4.69) is 23.7 Å². The number of hydrogen-bond acceptors (Lipinski definition) is 5. The minimum atomic E-state index is -1.04. The number of ether oxygens (including phenoxy) is 1. The molecule has 1 aliphatic carbocycles. The Morgan fingerprint density at radius 1 is 1.32 bits per heavy atom. The number of pyridine rings is 1. The Balaban J connectivity index is 0.000000423. The van der Waals surface area contributed by atoms with Gasteiger partial charge < -0.3 is 20.3 Å². The number of rotatable bonds is 5. The predicted octanol–water partition coefficient (Wildman–Crippen LogP) is 3.64. The minimum Gasteiger partial charge on any atom is -0.506 e. The minimum absolute atomic E-state index is 0.117. The summed E-state index contributed by atoms with van der Waals surface area (Å²) in [5.41, 5.74) is 0.180. The normalized spacial score (nSPS) is 19.6. The van der Waals surface area contributed by atoms with E-state index >= 15 is 0 Å². The van der Waals surface area contributed by atoms with Gasteiger partial charge in [-0.3, -0.25) is 14.6 Å². The molecule has 164 valence electrons. The summed E-state index contributed by atoms with van der Waals surface area (Å²) in [5.74, 6) is 6.97. The van der Waals surface area contributed by atoms with Crippen molar-refractivity contribution in [3.8, 4) is 23.3 Å². The molecule has 1 aliphatic rings. The molecular weight excluding hydrogens is 420 g/mol. The fourth-order valence-corrected chi connectivity index (χ4v) is 3.15. The largest absolute Gasteiger partial charge is 0.506 e. The van der Waals surface area contributed by atoms with Crippen molar-refractivity contribution in [1.82, 2.24) is 10.3 Å². The summed E-state index contributed by atoms with van der Waals surface area (Å²) in [5, 5.41) is 20.0. The van der Waals surface area contributed by atoms with E-state index in [1.165, 1.54) is 6.20 Å². The number of carboxylic acids is 1. The van der Waals surface area contributed by atoms with Crippen molar-refractivity contribution in [3.05, 3.63) is 53.3 Å². The van der Waals surface area contributed by atoms with Gasteiger partial charge in [-0.15, -0.1) is 0 Å². The van der Waals surface area contributed by atoms with Crippen molar-refractivity contribution in [3.63, 3.8) is 0 Å². The molecule has 7 nitrogen and oxygen atoms in total. The van der Waals surface area contributed by atoms with Gasteiger partial charge in [0.05, 0.1) is 6.20 Å². The number of aromatic nitrogens is 1.